The summed E-state index contributed by atoms with van der Waals surface area (Å²) < 4.78 is 15.5. The Kier molecular flexibility index (Phi) is 9.09. The van der Waals surface area contributed by atoms with Gasteiger partial charge in [0.05, 0.1) is 17.0 Å². The van der Waals surface area contributed by atoms with E-state index in [2.05, 4.69) is 36.6 Å². The van der Waals surface area contributed by atoms with Crippen molar-refractivity contribution in [1.82, 2.24) is 14.1 Å². The first-order valence-corrected chi connectivity index (χ1v) is 15.2. The third kappa shape index (κ3) is 6.68. The van der Waals surface area contributed by atoms with E-state index in [-0.39, 0.29) is 23.6 Å². The molecule has 2 aliphatic rings. The maximum absolute atomic E-state index is 13.1. The summed E-state index contributed by atoms with van der Waals surface area (Å²) >= 11 is 0. The van der Waals surface area contributed by atoms with Gasteiger partial charge in [0.2, 0.25) is 0 Å². The SMILES string of the molecule is Cc1cc(-c2nc3cc(CC[C@@H](CC(C)C)C(=O)OC4CCCC4)ccc3n2CC2CCOCC2)cn(C)c1=O. The number of carbonyl (C=O) groups is 1. The van der Waals surface area contributed by atoms with Crippen LogP contribution < -0.4 is 5.56 Å². The van der Waals surface area contributed by atoms with Crippen LogP contribution in [0.1, 0.15) is 76.3 Å². The Hall–Kier alpha value is -2.93. The fraction of sp³-hybridized carbons (Fsp3) is 0.606. The number of hydrogen-bond acceptors (Lipinski definition) is 5. The quantitative estimate of drug-likeness (QED) is 0.282. The Labute approximate surface area is 237 Å². The number of fused-ring (bicyclic) bond motifs is 1. The molecule has 2 aromatic heterocycles. The highest BCUT2D eigenvalue weighted by Gasteiger charge is 2.26. The number of aromatic nitrogens is 3. The molecule has 216 valence electrons. The van der Waals surface area contributed by atoms with E-state index in [1.165, 1.54) is 5.56 Å². The maximum Gasteiger partial charge on any atom is 0.309 e. The first kappa shape index (κ1) is 28.6. The smallest absolute Gasteiger partial charge is 0.309 e. The molecule has 1 atom stereocenters. The number of esters is 1. The monoisotopic (exact) mass is 547 g/mol. The van der Waals surface area contributed by atoms with Gasteiger partial charge in [0.15, 0.2) is 0 Å². The van der Waals surface area contributed by atoms with Crippen molar-refractivity contribution in [3.8, 4) is 11.4 Å². The lowest BCUT2D eigenvalue weighted by molar-refractivity contribution is -0.154. The van der Waals surface area contributed by atoms with Crippen LogP contribution in [-0.2, 0) is 34.3 Å². The Morgan fingerprint density at radius 1 is 1.12 bits per heavy atom. The minimum Gasteiger partial charge on any atom is -0.462 e. The lowest BCUT2D eigenvalue weighted by atomic mass is 9.91. The summed E-state index contributed by atoms with van der Waals surface area (Å²) in [6, 6.07) is 8.51. The molecule has 0 amide bonds. The molecular weight excluding hydrogens is 502 g/mol. The molecule has 1 saturated heterocycles. The van der Waals surface area contributed by atoms with Gasteiger partial charge in [0.1, 0.15) is 11.9 Å². The van der Waals surface area contributed by atoms with E-state index in [9.17, 15) is 9.59 Å². The van der Waals surface area contributed by atoms with Gasteiger partial charge in [-0.15, -0.1) is 0 Å². The van der Waals surface area contributed by atoms with Crippen molar-refractivity contribution >= 4 is 17.0 Å². The van der Waals surface area contributed by atoms with E-state index in [0.717, 1.165) is 100.0 Å². The largest absolute Gasteiger partial charge is 0.462 e. The van der Waals surface area contributed by atoms with Crippen LogP contribution in [0.25, 0.3) is 22.4 Å². The number of imidazole rings is 1. The number of ether oxygens (including phenoxy) is 2. The molecule has 0 unspecified atom stereocenters. The Morgan fingerprint density at radius 3 is 2.58 bits per heavy atom. The highest BCUT2D eigenvalue weighted by Crippen LogP contribution is 2.30. The van der Waals surface area contributed by atoms with Crippen molar-refractivity contribution < 1.29 is 14.3 Å². The van der Waals surface area contributed by atoms with Crippen LogP contribution in [0.2, 0.25) is 0 Å². The third-order valence-electron chi connectivity index (χ3n) is 8.67. The zero-order chi connectivity index (χ0) is 28.2. The summed E-state index contributed by atoms with van der Waals surface area (Å²) in [5.74, 6) is 1.77. The third-order valence-corrected chi connectivity index (χ3v) is 8.67. The van der Waals surface area contributed by atoms with Crippen molar-refractivity contribution in [2.75, 3.05) is 13.2 Å². The van der Waals surface area contributed by atoms with Crippen LogP contribution in [0.5, 0.6) is 0 Å². The molecule has 0 N–H and O–H groups in total. The molecule has 2 fully saturated rings. The maximum atomic E-state index is 13.1. The number of hydrogen-bond donors (Lipinski definition) is 0. The van der Waals surface area contributed by atoms with Gasteiger partial charge < -0.3 is 18.6 Å². The molecule has 1 aliphatic carbocycles. The van der Waals surface area contributed by atoms with Crippen LogP contribution in [0.3, 0.4) is 0 Å². The molecule has 5 rings (SSSR count). The lowest BCUT2D eigenvalue weighted by Crippen LogP contribution is -2.24. The van der Waals surface area contributed by atoms with Gasteiger partial charge in [-0.25, -0.2) is 4.98 Å². The highest BCUT2D eigenvalue weighted by atomic mass is 16.5. The number of carbonyl (C=O) groups excluding carboxylic acids is 1. The van der Waals surface area contributed by atoms with Gasteiger partial charge in [-0.1, -0.05) is 19.9 Å². The standard InChI is InChI=1S/C33H45N3O4/c1-22(2)17-26(33(38)40-28-7-5-6-8-28)11-9-24-10-12-30-29(19-24)34-31(27-18-23(3)32(37)35(4)21-27)36(30)20-25-13-15-39-16-14-25/h10,12,18-19,21-22,25-26,28H,5-9,11,13-17,20H2,1-4H3/t26-/m0/s1. The summed E-state index contributed by atoms with van der Waals surface area (Å²) in [7, 11) is 1.80. The number of aryl methyl sites for hydroxylation is 3. The number of nitrogens with zero attached hydrogens (tertiary/aromatic N) is 3. The summed E-state index contributed by atoms with van der Waals surface area (Å²) in [5.41, 5.74) is 4.94. The van der Waals surface area contributed by atoms with Gasteiger partial charge >= 0.3 is 5.97 Å². The highest BCUT2D eigenvalue weighted by molar-refractivity contribution is 5.81. The van der Waals surface area contributed by atoms with Gasteiger partial charge in [-0.3, -0.25) is 9.59 Å². The molecule has 7 heteroatoms. The normalized spacial score (nSPS) is 17.6. The van der Waals surface area contributed by atoms with Crippen LogP contribution >= 0.6 is 0 Å². The van der Waals surface area contributed by atoms with Crippen molar-refractivity contribution in [2.45, 2.75) is 91.2 Å². The summed E-state index contributed by atoms with van der Waals surface area (Å²) in [6.45, 7) is 8.69. The lowest BCUT2D eigenvalue weighted by Gasteiger charge is -2.23. The second-order valence-electron chi connectivity index (χ2n) is 12.5. The predicted molar refractivity (Wildman–Crippen MR) is 158 cm³/mol. The average Bonchev–Trinajstić information content (AvgIpc) is 3.57. The van der Waals surface area contributed by atoms with E-state index in [1.54, 1.807) is 11.6 Å². The Bertz CT molecular complexity index is 1350. The Morgan fingerprint density at radius 2 is 1.88 bits per heavy atom. The molecule has 1 aromatic carbocycles. The fourth-order valence-electron chi connectivity index (χ4n) is 6.43. The first-order chi connectivity index (χ1) is 19.3. The number of rotatable bonds is 10. The second-order valence-corrected chi connectivity index (χ2v) is 12.5. The average molecular weight is 548 g/mol. The van der Waals surface area contributed by atoms with E-state index < -0.39 is 0 Å². The summed E-state index contributed by atoms with van der Waals surface area (Å²) in [4.78, 5) is 30.6. The molecule has 3 aromatic rings. The second kappa shape index (κ2) is 12.7. The molecule has 3 heterocycles. The first-order valence-electron chi connectivity index (χ1n) is 15.2. The molecule has 40 heavy (non-hydrogen) atoms. The van der Waals surface area contributed by atoms with Gasteiger partial charge in [0, 0.05) is 44.1 Å². The molecule has 0 spiro atoms. The summed E-state index contributed by atoms with van der Waals surface area (Å²) in [6.07, 6.45) is 10.9. The summed E-state index contributed by atoms with van der Waals surface area (Å²) in [5, 5.41) is 0. The van der Waals surface area contributed by atoms with Gasteiger partial charge in [0.25, 0.3) is 5.56 Å². The Balaban J connectivity index is 1.41. The van der Waals surface area contributed by atoms with Crippen LogP contribution in [0.4, 0.5) is 0 Å². The topological polar surface area (TPSA) is 75.3 Å². The van der Waals surface area contributed by atoms with Crippen molar-refractivity contribution in [3.05, 3.63) is 51.9 Å². The fourth-order valence-corrected chi connectivity index (χ4v) is 6.43. The van der Waals surface area contributed by atoms with Crippen molar-refractivity contribution in [1.29, 1.82) is 0 Å². The van der Waals surface area contributed by atoms with Gasteiger partial charge in [-0.2, -0.15) is 0 Å². The van der Waals surface area contributed by atoms with Crippen molar-refractivity contribution in [3.63, 3.8) is 0 Å². The molecular formula is C33H45N3O4. The van der Waals surface area contributed by atoms with E-state index in [4.69, 9.17) is 14.5 Å². The zero-order valence-corrected chi connectivity index (χ0v) is 24.7. The molecule has 0 bridgehead atoms. The minimum atomic E-state index is -0.0773. The number of benzene rings is 1. The van der Waals surface area contributed by atoms with Crippen LogP contribution in [0, 0.1) is 24.7 Å². The molecule has 1 aliphatic heterocycles. The van der Waals surface area contributed by atoms with E-state index >= 15 is 0 Å². The minimum absolute atomic E-state index is 0.0144. The van der Waals surface area contributed by atoms with E-state index in [0.29, 0.717) is 17.4 Å². The van der Waals surface area contributed by atoms with E-state index in [1.807, 2.05) is 19.2 Å². The molecule has 0 radical (unpaired) electrons. The number of pyridine rings is 1. The van der Waals surface area contributed by atoms with Gasteiger partial charge in [-0.05, 0) is 100 Å². The van der Waals surface area contributed by atoms with Crippen molar-refractivity contribution in [2.24, 2.45) is 24.8 Å². The van der Waals surface area contributed by atoms with Crippen LogP contribution in [0.15, 0.2) is 35.3 Å². The molecule has 7 nitrogen and oxygen atoms in total. The van der Waals surface area contributed by atoms with Crippen LogP contribution in [-0.4, -0.2) is 39.4 Å². The predicted octanol–water partition coefficient (Wildman–Crippen LogP) is 6.22. The zero-order valence-electron chi connectivity index (χ0n) is 24.7. The molecule has 1 saturated carbocycles.